The van der Waals surface area contributed by atoms with Gasteiger partial charge in [0, 0.05) is 25.9 Å². The molecule has 0 aromatic heterocycles. The molecule has 0 aliphatic carbocycles. The van der Waals surface area contributed by atoms with E-state index in [1.54, 1.807) is 13.8 Å². The maximum absolute atomic E-state index is 11.2. The summed E-state index contributed by atoms with van der Waals surface area (Å²) in [6, 6.07) is 0. The number of rotatable bonds is 9. The second kappa shape index (κ2) is 9.85. The van der Waals surface area contributed by atoms with E-state index in [9.17, 15) is 9.59 Å². The fraction of sp³-hybridized carbons (Fsp3) is 0.833. The molecule has 6 nitrogen and oxygen atoms in total. The smallest absolute Gasteiger partial charge is 0.245 e. The van der Waals surface area contributed by atoms with Crippen molar-refractivity contribution in [3.8, 4) is 0 Å². The number of carbonyl (C=O) groups excluding carboxylic acids is 2. The number of amides is 2. The highest BCUT2D eigenvalue weighted by Gasteiger charge is 2.09. The van der Waals surface area contributed by atoms with Gasteiger partial charge in [-0.1, -0.05) is 12.8 Å². The Kier molecular flexibility index (Phi) is 9.22. The lowest BCUT2D eigenvalue weighted by Gasteiger charge is -2.12. The van der Waals surface area contributed by atoms with Crippen LogP contribution in [0.15, 0.2) is 0 Å². The van der Waals surface area contributed by atoms with Crippen molar-refractivity contribution in [2.75, 3.05) is 13.1 Å². The van der Waals surface area contributed by atoms with Crippen LogP contribution in [0.4, 0.5) is 0 Å². The van der Waals surface area contributed by atoms with Crippen molar-refractivity contribution >= 4 is 11.8 Å². The van der Waals surface area contributed by atoms with Crippen LogP contribution in [0.3, 0.4) is 0 Å². The van der Waals surface area contributed by atoms with Crippen LogP contribution < -0.4 is 0 Å². The molecular weight excluding hydrogens is 236 g/mol. The van der Waals surface area contributed by atoms with Crippen LogP contribution in [0.1, 0.15) is 52.4 Å². The molecule has 0 aliphatic heterocycles. The molecule has 0 atom stereocenters. The van der Waals surface area contributed by atoms with E-state index in [2.05, 4.69) is 0 Å². The Bertz CT molecular complexity index is 232. The summed E-state index contributed by atoms with van der Waals surface area (Å²) in [5.41, 5.74) is 0. The van der Waals surface area contributed by atoms with Crippen LogP contribution in [0.5, 0.6) is 0 Å². The first-order valence-electron chi connectivity index (χ1n) is 6.51. The molecule has 6 heteroatoms. The van der Waals surface area contributed by atoms with Gasteiger partial charge in [0.25, 0.3) is 0 Å². The summed E-state index contributed by atoms with van der Waals surface area (Å²) in [7, 11) is 0. The van der Waals surface area contributed by atoms with Gasteiger partial charge in [-0.25, -0.2) is 10.1 Å². The van der Waals surface area contributed by atoms with Gasteiger partial charge < -0.3 is 0 Å². The van der Waals surface area contributed by atoms with Crippen LogP contribution in [0, 0.1) is 0 Å². The van der Waals surface area contributed by atoms with Gasteiger partial charge >= 0.3 is 0 Å². The normalized spacial score (nSPS) is 10.2. The minimum atomic E-state index is -0.263. The topological polar surface area (TPSA) is 81.1 Å². The molecule has 0 heterocycles. The lowest BCUT2D eigenvalue weighted by molar-refractivity contribution is -0.165. The maximum atomic E-state index is 11.2. The lowest BCUT2D eigenvalue weighted by atomic mass is 10.1. The number of unbranched alkanes of at least 4 members (excludes halogenated alkanes) is 3. The van der Waals surface area contributed by atoms with Crippen LogP contribution >= 0.6 is 0 Å². The SMILES string of the molecule is CCN(O)C(=O)CCCCCCC(=O)N(O)CC. The van der Waals surface area contributed by atoms with Crippen molar-refractivity contribution in [1.82, 2.24) is 10.1 Å². The van der Waals surface area contributed by atoms with E-state index in [0.717, 1.165) is 12.8 Å². The van der Waals surface area contributed by atoms with Crippen LogP contribution in [-0.2, 0) is 9.59 Å². The molecule has 0 saturated carbocycles. The average Bonchev–Trinajstić information content (AvgIpc) is 2.39. The molecule has 106 valence electrons. The monoisotopic (exact) mass is 260 g/mol. The molecule has 0 unspecified atom stereocenters. The molecule has 0 radical (unpaired) electrons. The van der Waals surface area contributed by atoms with Gasteiger partial charge in [-0.05, 0) is 26.7 Å². The summed E-state index contributed by atoms with van der Waals surface area (Å²) >= 11 is 0. The van der Waals surface area contributed by atoms with E-state index in [1.165, 1.54) is 0 Å². The van der Waals surface area contributed by atoms with Crippen LogP contribution in [0.2, 0.25) is 0 Å². The Morgan fingerprint density at radius 1 is 0.778 bits per heavy atom. The molecule has 2 amide bonds. The van der Waals surface area contributed by atoms with Gasteiger partial charge in [0.2, 0.25) is 11.8 Å². The third kappa shape index (κ3) is 7.24. The minimum absolute atomic E-state index is 0.263. The first-order valence-corrected chi connectivity index (χ1v) is 6.51. The zero-order valence-electron chi connectivity index (χ0n) is 11.3. The van der Waals surface area contributed by atoms with E-state index in [-0.39, 0.29) is 11.8 Å². The van der Waals surface area contributed by atoms with E-state index >= 15 is 0 Å². The fourth-order valence-corrected chi connectivity index (χ4v) is 1.52. The van der Waals surface area contributed by atoms with Crippen molar-refractivity contribution < 1.29 is 20.0 Å². The quantitative estimate of drug-likeness (QED) is 0.376. The van der Waals surface area contributed by atoms with Crippen molar-refractivity contribution in [3.63, 3.8) is 0 Å². The summed E-state index contributed by atoms with van der Waals surface area (Å²) < 4.78 is 0. The molecule has 0 aromatic rings. The molecule has 0 spiro atoms. The number of hydrogen-bond donors (Lipinski definition) is 2. The average molecular weight is 260 g/mol. The highest BCUT2D eigenvalue weighted by molar-refractivity contribution is 5.75. The Balaban J connectivity index is 3.47. The maximum Gasteiger partial charge on any atom is 0.245 e. The van der Waals surface area contributed by atoms with Gasteiger partial charge in [-0.2, -0.15) is 0 Å². The summed E-state index contributed by atoms with van der Waals surface area (Å²) in [5.74, 6) is -0.526. The Morgan fingerprint density at radius 3 is 1.39 bits per heavy atom. The highest BCUT2D eigenvalue weighted by Crippen LogP contribution is 2.07. The van der Waals surface area contributed by atoms with Gasteiger partial charge in [-0.3, -0.25) is 20.0 Å². The van der Waals surface area contributed by atoms with E-state index in [4.69, 9.17) is 10.4 Å². The van der Waals surface area contributed by atoms with E-state index in [1.807, 2.05) is 0 Å². The zero-order valence-corrected chi connectivity index (χ0v) is 11.3. The number of nitrogens with zero attached hydrogens (tertiary/aromatic N) is 2. The molecule has 0 rings (SSSR count). The first-order chi connectivity index (χ1) is 8.52. The summed E-state index contributed by atoms with van der Waals surface area (Å²) in [4.78, 5) is 22.5. The number of hydroxylamine groups is 4. The molecule has 2 N–H and O–H groups in total. The largest absolute Gasteiger partial charge is 0.286 e. The van der Waals surface area contributed by atoms with Crippen molar-refractivity contribution in [3.05, 3.63) is 0 Å². The summed E-state index contributed by atoms with van der Waals surface area (Å²) in [6.07, 6.45) is 3.77. The second-order valence-corrected chi connectivity index (χ2v) is 4.13. The van der Waals surface area contributed by atoms with E-state index < -0.39 is 0 Å². The molecule has 0 saturated heterocycles. The van der Waals surface area contributed by atoms with Crippen molar-refractivity contribution in [2.45, 2.75) is 52.4 Å². The number of carbonyl (C=O) groups is 2. The predicted octanol–water partition coefficient (Wildman–Crippen LogP) is 1.80. The minimum Gasteiger partial charge on any atom is -0.286 e. The third-order valence-electron chi connectivity index (χ3n) is 2.71. The summed E-state index contributed by atoms with van der Waals surface area (Å²) in [6.45, 7) is 4.02. The Hall–Kier alpha value is -1.14. The van der Waals surface area contributed by atoms with Gasteiger partial charge in [0.05, 0.1) is 0 Å². The molecule has 18 heavy (non-hydrogen) atoms. The number of hydrogen-bond acceptors (Lipinski definition) is 4. The first kappa shape index (κ1) is 16.9. The van der Waals surface area contributed by atoms with Gasteiger partial charge in [-0.15, -0.1) is 0 Å². The lowest BCUT2D eigenvalue weighted by Crippen LogP contribution is -2.26. The fourth-order valence-electron chi connectivity index (χ4n) is 1.52. The van der Waals surface area contributed by atoms with Crippen molar-refractivity contribution in [1.29, 1.82) is 0 Å². The summed E-state index contributed by atoms with van der Waals surface area (Å²) in [5, 5.41) is 19.6. The standard InChI is InChI=1S/C12H24N2O4/c1-3-13(17)11(15)9-7-5-6-8-10-12(16)14(18)4-2/h17-18H,3-10H2,1-2H3. The Labute approximate surface area is 108 Å². The van der Waals surface area contributed by atoms with Gasteiger partial charge in [0.1, 0.15) is 0 Å². The molecule has 0 bridgehead atoms. The van der Waals surface area contributed by atoms with Crippen molar-refractivity contribution in [2.24, 2.45) is 0 Å². The molecular formula is C12H24N2O4. The third-order valence-corrected chi connectivity index (χ3v) is 2.71. The molecule has 0 aromatic carbocycles. The van der Waals surface area contributed by atoms with E-state index in [0.29, 0.717) is 48.9 Å². The molecule has 0 fully saturated rings. The van der Waals surface area contributed by atoms with Crippen LogP contribution in [-0.4, -0.2) is 45.4 Å². The highest BCUT2D eigenvalue weighted by atomic mass is 16.5. The predicted molar refractivity (Wildman–Crippen MR) is 66.0 cm³/mol. The molecule has 0 aliphatic rings. The second-order valence-electron chi connectivity index (χ2n) is 4.13. The Morgan fingerprint density at radius 2 is 1.11 bits per heavy atom. The zero-order chi connectivity index (χ0) is 14.0. The van der Waals surface area contributed by atoms with Crippen LogP contribution in [0.25, 0.3) is 0 Å². The van der Waals surface area contributed by atoms with Gasteiger partial charge in [0.15, 0.2) is 0 Å².